The van der Waals surface area contributed by atoms with Gasteiger partial charge in [0.1, 0.15) is 5.82 Å². The summed E-state index contributed by atoms with van der Waals surface area (Å²) in [4.78, 5) is 9.65. The zero-order chi connectivity index (χ0) is 21.8. The highest BCUT2D eigenvalue weighted by molar-refractivity contribution is 7.89. The van der Waals surface area contributed by atoms with Gasteiger partial charge in [-0.25, -0.2) is 23.1 Å². The Kier molecular flexibility index (Phi) is 5.97. The fourth-order valence-corrected chi connectivity index (χ4v) is 4.24. The first-order valence-corrected chi connectivity index (χ1v) is 11.5. The van der Waals surface area contributed by atoms with Crippen molar-refractivity contribution >= 4 is 26.7 Å². The van der Waals surface area contributed by atoms with Crippen LogP contribution in [0.1, 0.15) is 11.1 Å². The van der Waals surface area contributed by atoms with Gasteiger partial charge >= 0.3 is 0 Å². The van der Waals surface area contributed by atoms with E-state index in [1.807, 2.05) is 62.4 Å². The third-order valence-corrected chi connectivity index (χ3v) is 6.43. The maximum atomic E-state index is 12.5. The molecule has 0 atom stereocenters. The molecule has 3 aromatic carbocycles. The van der Waals surface area contributed by atoms with E-state index in [-0.39, 0.29) is 11.4 Å². The lowest BCUT2D eigenvalue weighted by atomic mass is 10.1. The van der Waals surface area contributed by atoms with E-state index in [2.05, 4.69) is 15.0 Å². The fourth-order valence-electron chi connectivity index (χ4n) is 3.21. The summed E-state index contributed by atoms with van der Waals surface area (Å²) in [6.45, 7) is 4.58. The van der Waals surface area contributed by atoms with E-state index in [4.69, 9.17) is 4.98 Å². The molecule has 1 heterocycles. The quantitative estimate of drug-likeness (QED) is 0.425. The molecule has 0 aliphatic rings. The zero-order valence-electron chi connectivity index (χ0n) is 17.5. The minimum Gasteiger partial charge on any atom is -0.368 e. The number of benzene rings is 3. The van der Waals surface area contributed by atoms with E-state index in [1.165, 1.54) is 5.56 Å². The van der Waals surface area contributed by atoms with Gasteiger partial charge in [-0.05, 0) is 38.1 Å². The standard InChI is InChI=1S/C24H24N4O2S/c1-17-7-11-19(12-8-17)23-27-22-6-4-3-5-21(22)24(28-23)25-15-16-26-31(29,30)20-13-9-18(2)10-14-20/h3-14,26H,15-16H2,1-2H3,(H,25,27,28). The van der Waals surface area contributed by atoms with Crippen LogP contribution >= 0.6 is 0 Å². The third kappa shape index (κ3) is 4.90. The highest BCUT2D eigenvalue weighted by Crippen LogP contribution is 2.25. The number of hydrogen-bond donors (Lipinski definition) is 2. The highest BCUT2D eigenvalue weighted by atomic mass is 32.2. The first-order valence-electron chi connectivity index (χ1n) is 10.1. The second-order valence-corrected chi connectivity index (χ2v) is 9.18. The van der Waals surface area contributed by atoms with Crippen LogP contribution in [-0.2, 0) is 10.0 Å². The van der Waals surface area contributed by atoms with Gasteiger partial charge < -0.3 is 5.32 Å². The molecule has 1 aromatic heterocycles. The molecule has 7 heteroatoms. The topological polar surface area (TPSA) is 84.0 Å². The molecular formula is C24H24N4O2S. The summed E-state index contributed by atoms with van der Waals surface area (Å²) in [7, 11) is -3.55. The maximum absolute atomic E-state index is 12.5. The molecular weight excluding hydrogens is 408 g/mol. The summed E-state index contributed by atoms with van der Waals surface area (Å²) < 4.78 is 27.6. The third-order valence-electron chi connectivity index (χ3n) is 4.95. The van der Waals surface area contributed by atoms with E-state index in [0.29, 0.717) is 18.2 Å². The summed E-state index contributed by atoms with van der Waals surface area (Å²) in [6, 6.07) is 22.6. The number of nitrogens with one attached hydrogen (secondary N) is 2. The molecule has 0 aliphatic carbocycles. The number of sulfonamides is 1. The second kappa shape index (κ2) is 8.83. The van der Waals surface area contributed by atoms with E-state index in [1.54, 1.807) is 24.3 Å². The average molecular weight is 433 g/mol. The van der Waals surface area contributed by atoms with Gasteiger partial charge in [0, 0.05) is 24.0 Å². The number of aromatic nitrogens is 2. The Morgan fingerprint density at radius 2 is 1.42 bits per heavy atom. The smallest absolute Gasteiger partial charge is 0.240 e. The zero-order valence-corrected chi connectivity index (χ0v) is 18.3. The van der Waals surface area contributed by atoms with Gasteiger partial charge in [0.15, 0.2) is 5.82 Å². The van der Waals surface area contributed by atoms with E-state index in [9.17, 15) is 8.42 Å². The Balaban J connectivity index is 1.51. The lowest BCUT2D eigenvalue weighted by Crippen LogP contribution is -2.29. The molecule has 0 radical (unpaired) electrons. The Bertz CT molecular complexity index is 1300. The van der Waals surface area contributed by atoms with Crippen molar-refractivity contribution < 1.29 is 8.42 Å². The van der Waals surface area contributed by atoms with Gasteiger partial charge in [-0.15, -0.1) is 0 Å². The van der Waals surface area contributed by atoms with E-state index < -0.39 is 10.0 Å². The summed E-state index contributed by atoms with van der Waals surface area (Å²) >= 11 is 0. The van der Waals surface area contributed by atoms with Gasteiger partial charge in [0.2, 0.25) is 10.0 Å². The van der Waals surface area contributed by atoms with Gasteiger partial charge in [-0.2, -0.15) is 0 Å². The number of para-hydroxylation sites is 1. The van der Waals surface area contributed by atoms with E-state index in [0.717, 1.165) is 22.0 Å². The minimum atomic E-state index is -3.55. The monoisotopic (exact) mass is 432 g/mol. The van der Waals surface area contributed by atoms with Crippen molar-refractivity contribution in [2.75, 3.05) is 18.4 Å². The van der Waals surface area contributed by atoms with Crippen molar-refractivity contribution in [1.82, 2.24) is 14.7 Å². The largest absolute Gasteiger partial charge is 0.368 e. The Hall–Kier alpha value is -3.29. The maximum Gasteiger partial charge on any atom is 0.240 e. The number of rotatable bonds is 7. The molecule has 6 nitrogen and oxygen atoms in total. The van der Waals surface area contributed by atoms with Crippen LogP contribution in [0.3, 0.4) is 0 Å². The molecule has 0 saturated heterocycles. The van der Waals surface area contributed by atoms with Crippen LogP contribution in [0.15, 0.2) is 77.7 Å². The van der Waals surface area contributed by atoms with Crippen LogP contribution in [0.25, 0.3) is 22.3 Å². The molecule has 31 heavy (non-hydrogen) atoms. The number of nitrogens with zero attached hydrogens (tertiary/aromatic N) is 2. The Morgan fingerprint density at radius 3 is 2.13 bits per heavy atom. The number of fused-ring (bicyclic) bond motifs is 1. The van der Waals surface area contributed by atoms with Crippen molar-refractivity contribution in [2.45, 2.75) is 18.7 Å². The lowest BCUT2D eigenvalue weighted by Gasteiger charge is -2.12. The van der Waals surface area contributed by atoms with E-state index >= 15 is 0 Å². The second-order valence-electron chi connectivity index (χ2n) is 7.42. The average Bonchev–Trinajstić information content (AvgIpc) is 2.77. The highest BCUT2D eigenvalue weighted by Gasteiger charge is 2.13. The Morgan fingerprint density at radius 1 is 0.774 bits per heavy atom. The number of aryl methyl sites for hydroxylation is 2. The van der Waals surface area contributed by atoms with Crippen molar-refractivity contribution in [2.24, 2.45) is 0 Å². The van der Waals surface area contributed by atoms with Gasteiger partial charge in [0.05, 0.1) is 10.4 Å². The molecule has 0 saturated carbocycles. The predicted octanol–water partition coefficient (Wildman–Crippen LogP) is 4.30. The van der Waals surface area contributed by atoms with Crippen LogP contribution < -0.4 is 10.0 Å². The Labute approximate surface area is 182 Å². The number of anilines is 1. The molecule has 4 aromatic rings. The molecule has 0 amide bonds. The summed E-state index contributed by atoms with van der Waals surface area (Å²) in [6.07, 6.45) is 0. The van der Waals surface area contributed by atoms with Gasteiger partial charge in [-0.1, -0.05) is 59.7 Å². The van der Waals surface area contributed by atoms with Gasteiger partial charge in [0.25, 0.3) is 0 Å². The molecule has 0 bridgehead atoms. The SMILES string of the molecule is Cc1ccc(-c2nc(NCCNS(=O)(=O)c3ccc(C)cc3)c3ccccc3n2)cc1. The first kappa shape index (κ1) is 21.0. The van der Waals surface area contributed by atoms with Gasteiger partial charge in [-0.3, -0.25) is 0 Å². The molecule has 0 aliphatic heterocycles. The van der Waals surface area contributed by atoms with Crippen LogP contribution in [0, 0.1) is 13.8 Å². The normalized spacial score (nSPS) is 11.5. The van der Waals surface area contributed by atoms with Crippen molar-refractivity contribution in [3.8, 4) is 11.4 Å². The van der Waals surface area contributed by atoms with Crippen LogP contribution in [0.5, 0.6) is 0 Å². The van der Waals surface area contributed by atoms with Crippen LogP contribution in [-0.4, -0.2) is 31.5 Å². The number of hydrogen-bond acceptors (Lipinski definition) is 5. The van der Waals surface area contributed by atoms with Crippen molar-refractivity contribution in [3.63, 3.8) is 0 Å². The van der Waals surface area contributed by atoms with Crippen molar-refractivity contribution in [3.05, 3.63) is 83.9 Å². The molecule has 0 unspecified atom stereocenters. The molecule has 4 rings (SSSR count). The molecule has 2 N–H and O–H groups in total. The minimum absolute atomic E-state index is 0.231. The lowest BCUT2D eigenvalue weighted by molar-refractivity contribution is 0.583. The van der Waals surface area contributed by atoms with Crippen molar-refractivity contribution in [1.29, 1.82) is 0 Å². The summed E-state index contributed by atoms with van der Waals surface area (Å²) in [5.41, 5.74) is 3.94. The first-order chi connectivity index (χ1) is 14.9. The summed E-state index contributed by atoms with van der Waals surface area (Å²) in [5, 5.41) is 4.15. The van der Waals surface area contributed by atoms with Crippen LogP contribution in [0.4, 0.5) is 5.82 Å². The molecule has 0 fully saturated rings. The van der Waals surface area contributed by atoms with Crippen LogP contribution in [0.2, 0.25) is 0 Å². The molecule has 158 valence electrons. The molecule has 0 spiro atoms. The summed E-state index contributed by atoms with van der Waals surface area (Å²) in [5.74, 6) is 1.30. The fraction of sp³-hybridized carbons (Fsp3) is 0.167. The predicted molar refractivity (Wildman–Crippen MR) is 125 cm³/mol.